The van der Waals surface area contributed by atoms with Gasteiger partial charge in [-0.2, -0.15) is 25.3 Å². The largest absolute Gasteiger partial charge is 0.492 e. The highest BCUT2D eigenvalue weighted by Crippen LogP contribution is 2.21. The lowest BCUT2D eigenvalue weighted by molar-refractivity contribution is -0.123. The number of nitrogens with one attached hydrogen (secondary N) is 2. The van der Waals surface area contributed by atoms with E-state index in [-0.39, 0.29) is 5.91 Å². The summed E-state index contributed by atoms with van der Waals surface area (Å²) >= 11 is 8.65. The van der Waals surface area contributed by atoms with Crippen molar-refractivity contribution in [2.75, 3.05) is 13.2 Å². The van der Waals surface area contributed by atoms with Crippen LogP contribution >= 0.6 is 25.3 Å². The smallest absolute Gasteiger partial charge is 0.408 e. The van der Waals surface area contributed by atoms with Gasteiger partial charge in [0, 0.05) is 11.5 Å². The maximum atomic E-state index is 12.6. The minimum atomic E-state index is -0.628. The molecule has 30 heavy (non-hydrogen) atoms. The lowest BCUT2D eigenvalue weighted by atomic mass is 10.1. The van der Waals surface area contributed by atoms with Crippen molar-refractivity contribution in [3.8, 4) is 5.75 Å². The van der Waals surface area contributed by atoms with E-state index in [1.165, 1.54) is 0 Å². The Labute approximate surface area is 191 Å². The van der Waals surface area contributed by atoms with Gasteiger partial charge in [-0.05, 0) is 50.5 Å². The van der Waals surface area contributed by atoms with Gasteiger partial charge in [0.15, 0.2) is 0 Å². The van der Waals surface area contributed by atoms with Gasteiger partial charge in [-0.15, -0.1) is 0 Å². The van der Waals surface area contributed by atoms with E-state index < -0.39 is 17.7 Å². The van der Waals surface area contributed by atoms with Crippen LogP contribution in [0.15, 0.2) is 18.2 Å². The number of carbonyl (C=O) groups is 2. The average molecular weight is 457 g/mol. The van der Waals surface area contributed by atoms with E-state index in [1.54, 1.807) is 20.8 Å². The quantitative estimate of drug-likeness (QED) is 0.276. The number of carbonyl (C=O) groups excluding carboxylic acids is 2. The van der Waals surface area contributed by atoms with Crippen LogP contribution in [0.5, 0.6) is 5.75 Å². The molecule has 2 N–H and O–H groups in total. The van der Waals surface area contributed by atoms with Gasteiger partial charge in [0.25, 0.3) is 0 Å². The zero-order chi connectivity index (χ0) is 22.6. The van der Waals surface area contributed by atoms with E-state index in [2.05, 4.69) is 42.8 Å². The second kappa shape index (κ2) is 13.7. The van der Waals surface area contributed by atoms with Crippen LogP contribution in [0.3, 0.4) is 0 Å². The molecule has 1 rings (SSSR count). The summed E-state index contributed by atoms with van der Waals surface area (Å²) in [6.45, 7) is 8.12. The van der Waals surface area contributed by atoms with E-state index in [0.29, 0.717) is 31.1 Å². The van der Waals surface area contributed by atoms with Crippen molar-refractivity contribution < 1.29 is 19.1 Å². The third kappa shape index (κ3) is 10.5. The number of unbranched alkanes of at least 4 members (excludes halogenated alkanes) is 2. The first-order valence-electron chi connectivity index (χ1n) is 10.4. The van der Waals surface area contributed by atoms with Crippen LogP contribution in [0.4, 0.5) is 4.79 Å². The predicted octanol–water partition coefficient (Wildman–Crippen LogP) is 4.51. The fraction of sp³-hybridized carbons (Fsp3) is 0.636. The molecule has 0 fully saturated rings. The number of hydrogen-bond acceptors (Lipinski definition) is 6. The molecule has 0 aliphatic rings. The Morgan fingerprint density at radius 1 is 1.10 bits per heavy atom. The summed E-state index contributed by atoms with van der Waals surface area (Å²) in [7, 11) is 0. The van der Waals surface area contributed by atoms with Gasteiger partial charge in [-0.1, -0.05) is 32.3 Å². The normalized spacial score (nSPS) is 12.2. The molecular formula is C22H36N2O4S2. The molecule has 170 valence electrons. The molecule has 0 aliphatic carbocycles. The number of alkyl carbamates (subject to hydrolysis) is 1. The van der Waals surface area contributed by atoms with Crippen molar-refractivity contribution in [1.82, 2.24) is 10.6 Å². The van der Waals surface area contributed by atoms with Crippen LogP contribution in [-0.4, -0.2) is 36.8 Å². The monoisotopic (exact) mass is 456 g/mol. The van der Waals surface area contributed by atoms with Crippen molar-refractivity contribution in [3.05, 3.63) is 29.3 Å². The van der Waals surface area contributed by atoms with Gasteiger partial charge in [-0.25, -0.2) is 4.79 Å². The summed E-state index contributed by atoms with van der Waals surface area (Å²) in [6.07, 6.45) is 2.87. The SMILES string of the molecule is CCCCC[C@H](NC(=O)OC(C)(C)C)C(=O)NCCOc1ccc(CS)c(CS)c1. The summed E-state index contributed by atoms with van der Waals surface area (Å²) < 4.78 is 11.0. The minimum absolute atomic E-state index is 0.234. The van der Waals surface area contributed by atoms with Crippen LogP contribution in [0.25, 0.3) is 0 Å². The van der Waals surface area contributed by atoms with Crippen molar-refractivity contribution in [1.29, 1.82) is 0 Å². The van der Waals surface area contributed by atoms with Crippen molar-refractivity contribution in [2.24, 2.45) is 0 Å². The van der Waals surface area contributed by atoms with Crippen molar-refractivity contribution in [3.63, 3.8) is 0 Å². The van der Waals surface area contributed by atoms with Crippen LogP contribution in [0.2, 0.25) is 0 Å². The molecule has 6 nitrogen and oxygen atoms in total. The van der Waals surface area contributed by atoms with E-state index in [4.69, 9.17) is 9.47 Å². The Kier molecular flexibility index (Phi) is 12.1. The van der Waals surface area contributed by atoms with E-state index >= 15 is 0 Å². The second-order valence-electron chi connectivity index (χ2n) is 8.08. The lowest BCUT2D eigenvalue weighted by Gasteiger charge is -2.23. The van der Waals surface area contributed by atoms with E-state index in [1.807, 2.05) is 18.2 Å². The van der Waals surface area contributed by atoms with Crippen LogP contribution in [0, 0.1) is 0 Å². The third-order valence-electron chi connectivity index (χ3n) is 4.29. The number of ether oxygens (including phenoxy) is 2. The van der Waals surface area contributed by atoms with Crippen LogP contribution in [-0.2, 0) is 21.0 Å². The van der Waals surface area contributed by atoms with Crippen LogP contribution < -0.4 is 15.4 Å². The Morgan fingerprint density at radius 3 is 2.40 bits per heavy atom. The maximum Gasteiger partial charge on any atom is 0.408 e. The third-order valence-corrected chi connectivity index (χ3v) is 4.97. The molecule has 1 atom stereocenters. The molecular weight excluding hydrogens is 420 g/mol. The molecule has 0 saturated heterocycles. The van der Waals surface area contributed by atoms with Gasteiger partial charge in [0.1, 0.15) is 24.0 Å². The van der Waals surface area contributed by atoms with Gasteiger partial charge in [-0.3, -0.25) is 4.79 Å². The summed E-state index contributed by atoms with van der Waals surface area (Å²) in [5.41, 5.74) is 1.58. The van der Waals surface area contributed by atoms with Gasteiger partial charge >= 0.3 is 6.09 Å². The molecule has 0 bridgehead atoms. The zero-order valence-electron chi connectivity index (χ0n) is 18.5. The predicted molar refractivity (Wildman–Crippen MR) is 128 cm³/mol. The highest BCUT2D eigenvalue weighted by atomic mass is 32.1. The summed E-state index contributed by atoms with van der Waals surface area (Å²) in [4.78, 5) is 24.7. The first-order valence-corrected chi connectivity index (χ1v) is 11.7. The van der Waals surface area contributed by atoms with Gasteiger partial charge in [0.2, 0.25) is 5.91 Å². The number of benzene rings is 1. The van der Waals surface area contributed by atoms with E-state index in [9.17, 15) is 9.59 Å². The Bertz CT molecular complexity index is 678. The molecule has 0 heterocycles. The Hall–Kier alpha value is -1.54. The molecule has 0 saturated carbocycles. The molecule has 1 aromatic rings. The fourth-order valence-electron chi connectivity index (χ4n) is 2.78. The first-order chi connectivity index (χ1) is 14.2. The summed E-state index contributed by atoms with van der Waals surface area (Å²) in [6, 6.07) is 5.17. The molecule has 8 heteroatoms. The molecule has 0 spiro atoms. The van der Waals surface area contributed by atoms with Crippen LogP contribution in [0.1, 0.15) is 64.5 Å². The molecule has 2 amide bonds. The number of amides is 2. The fourth-order valence-corrected chi connectivity index (χ4v) is 3.38. The maximum absolute atomic E-state index is 12.6. The topological polar surface area (TPSA) is 76.7 Å². The average Bonchev–Trinajstić information content (AvgIpc) is 2.68. The lowest BCUT2D eigenvalue weighted by Crippen LogP contribution is -2.48. The van der Waals surface area contributed by atoms with Crippen molar-refractivity contribution in [2.45, 2.75) is 76.5 Å². The molecule has 0 unspecified atom stereocenters. The molecule has 1 aromatic carbocycles. The highest BCUT2D eigenvalue weighted by Gasteiger charge is 2.23. The minimum Gasteiger partial charge on any atom is -0.492 e. The highest BCUT2D eigenvalue weighted by molar-refractivity contribution is 7.79. The second-order valence-corrected chi connectivity index (χ2v) is 8.71. The summed E-state index contributed by atoms with van der Waals surface area (Å²) in [5, 5.41) is 5.53. The van der Waals surface area contributed by atoms with Gasteiger partial charge in [0.05, 0.1) is 6.54 Å². The molecule has 0 aliphatic heterocycles. The number of hydrogen-bond donors (Lipinski definition) is 4. The number of thiol groups is 2. The zero-order valence-corrected chi connectivity index (χ0v) is 20.3. The van der Waals surface area contributed by atoms with Gasteiger partial charge < -0.3 is 20.1 Å². The molecule has 0 radical (unpaired) electrons. The van der Waals surface area contributed by atoms with E-state index in [0.717, 1.165) is 36.1 Å². The molecule has 0 aromatic heterocycles. The standard InChI is InChI=1S/C22H36N2O4S2/c1-5-6-7-8-19(24-21(26)28-22(2,3)4)20(25)23-11-12-27-18-10-9-16(14-29)17(13-18)15-30/h9-10,13,19,29-30H,5-8,11-12,14-15H2,1-4H3,(H,23,25)(H,24,26)/t19-/m0/s1. The first kappa shape index (κ1) is 26.5. The Balaban J connectivity index is 2.54. The number of rotatable bonds is 12. The van der Waals surface area contributed by atoms with Crippen molar-refractivity contribution >= 4 is 37.3 Å². The summed E-state index contributed by atoms with van der Waals surface area (Å²) in [5.74, 6) is 1.75. The Morgan fingerprint density at radius 2 is 1.80 bits per heavy atom.